The Morgan fingerprint density at radius 1 is 1.25 bits per heavy atom. The Labute approximate surface area is 87.9 Å². The summed E-state index contributed by atoms with van der Waals surface area (Å²) in [5.41, 5.74) is 0.257. The second-order valence-electron chi connectivity index (χ2n) is 5.01. The third kappa shape index (κ3) is 5.33. The van der Waals surface area contributed by atoms with Crippen LogP contribution in [0.2, 0.25) is 0 Å². The minimum atomic E-state index is 0.190. The summed E-state index contributed by atoms with van der Waals surface area (Å²) in [6, 6.07) is 0. The molecule has 74 valence electrons. The Balaban J connectivity index is 4.20. The molecule has 3 heteroatoms. The van der Waals surface area contributed by atoms with Gasteiger partial charge in [0.15, 0.2) is 0 Å². The third-order valence-corrected chi connectivity index (χ3v) is 2.81. The molecule has 0 aliphatic carbocycles. The quantitative estimate of drug-likeness (QED) is 0.554. The van der Waals surface area contributed by atoms with Gasteiger partial charge in [0.05, 0.1) is 0 Å². The highest BCUT2D eigenvalue weighted by molar-refractivity contribution is 9.10. The summed E-state index contributed by atoms with van der Waals surface area (Å²) in [6.45, 7) is 11.1. The van der Waals surface area contributed by atoms with Crippen molar-refractivity contribution in [2.45, 2.75) is 51.5 Å². The number of alkyl halides is 1. The topological polar surface area (TPSA) is 9.23 Å². The molecule has 12 heavy (non-hydrogen) atoms. The second kappa shape index (κ2) is 4.25. The summed E-state index contributed by atoms with van der Waals surface area (Å²) in [5.74, 6) is 0. The molecule has 0 saturated carbocycles. The number of hydrogen-bond acceptors (Lipinski definition) is 1. The fourth-order valence-electron chi connectivity index (χ4n) is 1.18. The molecule has 0 aromatic carbocycles. The SMILES string of the molecule is CC(C)(Br)CC(O[SiH3])C(C)(C)C. The zero-order valence-corrected chi connectivity index (χ0v) is 12.7. The summed E-state index contributed by atoms with van der Waals surface area (Å²) in [7, 11) is 0.826. The van der Waals surface area contributed by atoms with Crippen LogP contribution in [0.5, 0.6) is 0 Å². The van der Waals surface area contributed by atoms with E-state index in [1.165, 1.54) is 0 Å². The molecule has 0 saturated heterocycles. The maximum absolute atomic E-state index is 5.60. The van der Waals surface area contributed by atoms with Gasteiger partial charge in [-0.05, 0) is 25.7 Å². The van der Waals surface area contributed by atoms with E-state index in [4.69, 9.17) is 4.43 Å². The highest BCUT2D eigenvalue weighted by atomic mass is 79.9. The van der Waals surface area contributed by atoms with Crippen LogP contribution in [0.4, 0.5) is 0 Å². The van der Waals surface area contributed by atoms with E-state index in [1.54, 1.807) is 0 Å². The van der Waals surface area contributed by atoms with E-state index in [2.05, 4.69) is 50.5 Å². The van der Waals surface area contributed by atoms with E-state index in [-0.39, 0.29) is 9.74 Å². The summed E-state index contributed by atoms with van der Waals surface area (Å²) in [5, 5.41) is 0. The highest BCUT2D eigenvalue weighted by Gasteiger charge is 2.29. The third-order valence-electron chi connectivity index (χ3n) is 1.92. The Hall–Kier alpha value is 0.657. The molecule has 1 unspecified atom stereocenters. The average molecular weight is 253 g/mol. The number of hydrogen-bond donors (Lipinski definition) is 0. The van der Waals surface area contributed by atoms with Crippen molar-refractivity contribution in [2.75, 3.05) is 0 Å². The van der Waals surface area contributed by atoms with Crippen LogP contribution in [0.15, 0.2) is 0 Å². The van der Waals surface area contributed by atoms with E-state index < -0.39 is 0 Å². The summed E-state index contributed by atoms with van der Waals surface area (Å²) in [6.07, 6.45) is 1.44. The van der Waals surface area contributed by atoms with E-state index >= 15 is 0 Å². The normalized spacial score (nSPS) is 16.5. The van der Waals surface area contributed by atoms with Crippen LogP contribution in [0.1, 0.15) is 41.0 Å². The maximum atomic E-state index is 5.60. The highest BCUT2D eigenvalue weighted by Crippen LogP contribution is 2.32. The van der Waals surface area contributed by atoms with Gasteiger partial charge in [-0.25, -0.2) is 0 Å². The molecule has 0 aromatic rings. The van der Waals surface area contributed by atoms with E-state index in [0.29, 0.717) is 6.10 Å². The van der Waals surface area contributed by atoms with Gasteiger partial charge in [-0.3, -0.25) is 0 Å². The van der Waals surface area contributed by atoms with Crippen molar-refractivity contribution >= 4 is 26.4 Å². The molecule has 1 atom stereocenters. The van der Waals surface area contributed by atoms with Crippen LogP contribution >= 0.6 is 15.9 Å². The lowest BCUT2D eigenvalue weighted by Gasteiger charge is -2.34. The lowest BCUT2D eigenvalue weighted by molar-refractivity contribution is 0.0819. The van der Waals surface area contributed by atoms with Crippen LogP contribution in [-0.2, 0) is 4.43 Å². The molecule has 0 aliphatic heterocycles. The molecule has 0 spiro atoms. The number of rotatable bonds is 3. The molecule has 0 N–H and O–H groups in total. The minimum Gasteiger partial charge on any atom is -0.424 e. The fourth-order valence-corrected chi connectivity index (χ4v) is 2.35. The predicted octanol–water partition coefficient (Wildman–Crippen LogP) is 2.26. The van der Waals surface area contributed by atoms with Gasteiger partial charge in [-0.2, -0.15) is 0 Å². The molecule has 0 fully saturated rings. The van der Waals surface area contributed by atoms with Gasteiger partial charge in [0.1, 0.15) is 10.5 Å². The van der Waals surface area contributed by atoms with Crippen molar-refractivity contribution in [1.82, 2.24) is 0 Å². The summed E-state index contributed by atoms with van der Waals surface area (Å²) in [4.78, 5) is 0. The molecule has 0 radical (unpaired) electrons. The summed E-state index contributed by atoms with van der Waals surface area (Å²) >= 11 is 3.65. The van der Waals surface area contributed by atoms with E-state index in [1.807, 2.05) is 0 Å². The molecular formula is C9H21BrOSi. The van der Waals surface area contributed by atoms with Crippen molar-refractivity contribution in [2.24, 2.45) is 5.41 Å². The Morgan fingerprint density at radius 2 is 1.67 bits per heavy atom. The standard InChI is InChI=1S/C9H21BrOSi/c1-8(2,3)7(11-12)6-9(4,5)10/h7H,6H2,1-5,12H3. The van der Waals surface area contributed by atoms with Crippen molar-refractivity contribution < 1.29 is 4.43 Å². The minimum absolute atomic E-state index is 0.190. The molecule has 0 bridgehead atoms. The van der Waals surface area contributed by atoms with Gasteiger partial charge in [-0.15, -0.1) is 0 Å². The zero-order valence-electron chi connectivity index (χ0n) is 9.07. The van der Waals surface area contributed by atoms with Gasteiger partial charge < -0.3 is 4.43 Å². The summed E-state index contributed by atoms with van der Waals surface area (Å²) < 4.78 is 5.79. The van der Waals surface area contributed by atoms with E-state index in [0.717, 1.165) is 16.9 Å². The predicted molar refractivity (Wildman–Crippen MR) is 61.9 cm³/mol. The van der Waals surface area contributed by atoms with Crippen LogP contribution in [0.3, 0.4) is 0 Å². The molecule has 0 aromatic heterocycles. The monoisotopic (exact) mass is 252 g/mol. The first kappa shape index (κ1) is 12.7. The molecule has 0 aliphatic rings. The molecule has 1 nitrogen and oxygen atoms in total. The molecule has 0 rings (SSSR count). The lowest BCUT2D eigenvalue weighted by Crippen LogP contribution is -2.33. The fraction of sp³-hybridized carbons (Fsp3) is 1.00. The van der Waals surface area contributed by atoms with Crippen LogP contribution in [0, 0.1) is 5.41 Å². The van der Waals surface area contributed by atoms with Gasteiger partial charge in [0.25, 0.3) is 0 Å². The second-order valence-corrected chi connectivity index (χ2v) is 7.63. The smallest absolute Gasteiger partial charge is 0.146 e. The first-order valence-electron chi connectivity index (χ1n) is 4.38. The molecular weight excluding hydrogens is 232 g/mol. The zero-order chi connectivity index (χ0) is 9.99. The van der Waals surface area contributed by atoms with Crippen molar-refractivity contribution in [3.8, 4) is 0 Å². The van der Waals surface area contributed by atoms with Gasteiger partial charge >= 0.3 is 0 Å². The maximum Gasteiger partial charge on any atom is 0.146 e. The van der Waals surface area contributed by atoms with Crippen molar-refractivity contribution in [3.05, 3.63) is 0 Å². The molecule has 0 amide bonds. The van der Waals surface area contributed by atoms with Crippen molar-refractivity contribution in [3.63, 3.8) is 0 Å². The first-order valence-corrected chi connectivity index (χ1v) is 5.99. The van der Waals surface area contributed by atoms with Crippen LogP contribution in [-0.4, -0.2) is 20.9 Å². The number of halogens is 1. The van der Waals surface area contributed by atoms with Gasteiger partial charge in [-0.1, -0.05) is 36.7 Å². The van der Waals surface area contributed by atoms with Gasteiger partial charge in [0.2, 0.25) is 0 Å². The Morgan fingerprint density at radius 3 is 1.75 bits per heavy atom. The molecule has 0 heterocycles. The van der Waals surface area contributed by atoms with Crippen LogP contribution < -0.4 is 0 Å². The Bertz CT molecular complexity index is 134. The van der Waals surface area contributed by atoms with Crippen LogP contribution in [0.25, 0.3) is 0 Å². The average Bonchev–Trinajstić information content (AvgIpc) is 1.78. The lowest BCUT2D eigenvalue weighted by atomic mass is 9.84. The largest absolute Gasteiger partial charge is 0.424 e. The van der Waals surface area contributed by atoms with Gasteiger partial charge in [0, 0.05) is 10.4 Å². The van der Waals surface area contributed by atoms with Crippen molar-refractivity contribution in [1.29, 1.82) is 0 Å². The van der Waals surface area contributed by atoms with E-state index in [9.17, 15) is 0 Å². The Kier molecular flexibility index (Phi) is 4.48. The first-order chi connectivity index (χ1) is 5.17.